The van der Waals surface area contributed by atoms with Gasteiger partial charge in [0.05, 0.1) is 18.5 Å². The molecule has 2 aromatic rings. The summed E-state index contributed by atoms with van der Waals surface area (Å²) in [5.74, 6) is -0.464. The Hall–Kier alpha value is -2.67. The van der Waals surface area contributed by atoms with Crippen LogP contribution in [-0.4, -0.2) is 45.8 Å². The first-order valence-electron chi connectivity index (χ1n) is 7.34. The molecule has 7 nitrogen and oxygen atoms in total. The lowest BCUT2D eigenvalue weighted by Crippen LogP contribution is -2.54. The van der Waals surface area contributed by atoms with Gasteiger partial charge in [0.25, 0.3) is 0 Å². The molecule has 1 fully saturated rings. The fourth-order valence-corrected chi connectivity index (χ4v) is 2.51. The third-order valence-electron chi connectivity index (χ3n) is 3.67. The van der Waals surface area contributed by atoms with Crippen LogP contribution in [0.5, 0.6) is 0 Å². The Kier molecular flexibility index (Phi) is 4.38. The maximum absolute atomic E-state index is 12.5. The number of anilines is 1. The Balaban J connectivity index is 1.74. The lowest BCUT2D eigenvalue weighted by molar-refractivity contribution is -0.154. The van der Waals surface area contributed by atoms with Crippen LogP contribution in [0.2, 0.25) is 0 Å². The topological polar surface area (TPSA) is 76.5 Å². The van der Waals surface area contributed by atoms with Crippen molar-refractivity contribution in [2.24, 2.45) is 7.05 Å². The van der Waals surface area contributed by atoms with E-state index in [1.165, 1.54) is 0 Å². The van der Waals surface area contributed by atoms with Crippen molar-refractivity contribution in [1.29, 1.82) is 0 Å². The van der Waals surface area contributed by atoms with Gasteiger partial charge in [-0.1, -0.05) is 30.3 Å². The molecule has 0 spiro atoms. The lowest BCUT2D eigenvalue weighted by atomic mass is 10.1. The minimum Gasteiger partial charge on any atom is -0.369 e. The van der Waals surface area contributed by atoms with Gasteiger partial charge in [0.1, 0.15) is 12.6 Å². The Morgan fingerprint density at radius 3 is 2.87 bits per heavy atom. The van der Waals surface area contributed by atoms with Crippen molar-refractivity contribution < 1.29 is 14.3 Å². The van der Waals surface area contributed by atoms with E-state index in [1.807, 2.05) is 30.3 Å². The number of ether oxygens (including phenoxy) is 1. The van der Waals surface area contributed by atoms with Crippen LogP contribution in [0.3, 0.4) is 0 Å². The van der Waals surface area contributed by atoms with Crippen LogP contribution < -0.4 is 5.32 Å². The number of hydrogen-bond acceptors (Lipinski definition) is 4. The van der Waals surface area contributed by atoms with Gasteiger partial charge >= 0.3 is 0 Å². The highest BCUT2D eigenvalue weighted by atomic mass is 16.5. The molecule has 2 heterocycles. The summed E-state index contributed by atoms with van der Waals surface area (Å²) >= 11 is 0. The molecular formula is C16H18N4O3. The number of nitrogens with zero attached hydrogens (tertiary/aromatic N) is 3. The smallest absolute Gasteiger partial charge is 0.249 e. The Bertz CT molecular complexity index is 698. The molecule has 0 saturated carbocycles. The van der Waals surface area contributed by atoms with E-state index in [-0.39, 0.29) is 25.0 Å². The zero-order valence-electron chi connectivity index (χ0n) is 12.8. The second kappa shape index (κ2) is 6.62. The van der Waals surface area contributed by atoms with Crippen molar-refractivity contribution in [2.45, 2.75) is 12.6 Å². The minimum absolute atomic E-state index is 0.00348. The molecule has 0 aliphatic carbocycles. The number of benzene rings is 1. The molecule has 23 heavy (non-hydrogen) atoms. The molecule has 7 heteroatoms. The third-order valence-corrected chi connectivity index (χ3v) is 3.67. The second-order valence-corrected chi connectivity index (χ2v) is 5.43. The number of amides is 2. The minimum atomic E-state index is -0.656. The summed E-state index contributed by atoms with van der Waals surface area (Å²) in [5, 5.41) is 6.78. The predicted molar refractivity (Wildman–Crippen MR) is 83.4 cm³/mol. The first kappa shape index (κ1) is 15.2. The van der Waals surface area contributed by atoms with E-state index in [9.17, 15) is 9.59 Å². The summed E-state index contributed by atoms with van der Waals surface area (Å²) in [6, 6.07) is 8.93. The quantitative estimate of drug-likeness (QED) is 0.905. The van der Waals surface area contributed by atoms with Crippen LogP contribution in [0.15, 0.2) is 42.7 Å². The molecule has 0 unspecified atom stereocenters. The van der Waals surface area contributed by atoms with Gasteiger partial charge in [-0.25, -0.2) is 0 Å². The first-order chi connectivity index (χ1) is 11.1. The van der Waals surface area contributed by atoms with Crippen LogP contribution in [0.25, 0.3) is 0 Å². The van der Waals surface area contributed by atoms with Crippen LogP contribution in [-0.2, 0) is 27.9 Å². The number of aryl methyl sites for hydroxylation is 1. The van der Waals surface area contributed by atoms with Crippen LogP contribution >= 0.6 is 0 Å². The van der Waals surface area contributed by atoms with E-state index in [0.29, 0.717) is 12.2 Å². The summed E-state index contributed by atoms with van der Waals surface area (Å²) in [6.07, 6.45) is 3.26. The normalized spacial score (nSPS) is 18.0. The molecule has 3 rings (SSSR count). The van der Waals surface area contributed by atoms with Crippen molar-refractivity contribution in [1.82, 2.24) is 14.7 Å². The third kappa shape index (κ3) is 3.57. The molecule has 1 atom stereocenters. The molecule has 1 aromatic carbocycles. The van der Waals surface area contributed by atoms with Crippen molar-refractivity contribution in [3.63, 3.8) is 0 Å². The maximum Gasteiger partial charge on any atom is 0.249 e. The molecule has 1 aromatic heterocycles. The molecule has 0 bridgehead atoms. The van der Waals surface area contributed by atoms with Gasteiger partial charge < -0.3 is 15.0 Å². The zero-order valence-corrected chi connectivity index (χ0v) is 12.8. The SMILES string of the molecule is Cn1cc(NC(=O)[C@H]2COCC(=O)N2Cc2ccccc2)cn1. The van der Waals surface area contributed by atoms with Crippen molar-refractivity contribution in [3.8, 4) is 0 Å². The van der Waals surface area contributed by atoms with E-state index >= 15 is 0 Å². The van der Waals surface area contributed by atoms with Gasteiger partial charge in [-0.15, -0.1) is 0 Å². The van der Waals surface area contributed by atoms with Gasteiger partial charge in [0, 0.05) is 19.8 Å². The van der Waals surface area contributed by atoms with Gasteiger partial charge in [0.2, 0.25) is 11.8 Å². The number of aromatic nitrogens is 2. The predicted octanol–water partition coefficient (Wildman–Crippen LogP) is 0.786. The fraction of sp³-hybridized carbons (Fsp3) is 0.312. The number of carbonyl (C=O) groups is 2. The summed E-state index contributed by atoms with van der Waals surface area (Å²) in [7, 11) is 1.77. The molecule has 1 N–H and O–H groups in total. The number of hydrogen-bond donors (Lipinski definition) is 1. The molecule has 2 amide bonds. The average molecular weight is 314 g/mol. The van der Waals surface area contributed by atoms with E-state index in [4.69, 9.17) is 4.74 Å². The van der Waals surface area contributed by atoms with E-state index < -0.39 is 6.04 Å². The van der Waals surface area contributed by atoms with E-state index in [1.54, 1.807) is 29.0 Å². The summed E-state index contributed by atoms with van der Waals surface area (Å²) in [5.41, 5.74) is 1.57. The number of morpholine rings is 1. The van der Waals surface area contributed by atoms with E-state index in [0.717, 1.165) is 5.56 Å². The standard InChI is InChI=1S/C16H18N4O3/c1-19-9-13(7-17-19)18-16(22)14-10-23-11-15(21)20(14)8-12-5-3-2-4-6-12/h2-7,9,14H,8,10-11H2,1H3,(H,18,22)/t14-/m1/s1. The Morgan fingerprint density at radius 1 is 1.39 bits per heavy atom. The maximum atomic E-state index is 12.5. The lowest BCUT2D eigenvalue weighted by Gasteiger charge is -2.34. The molecule has 0 radical (unpaired) electrons. The molecule has 1 aliphatic rings. The van der Waals surface area contributed by atoms with Gasteiger partial charge in [0.15, 0.2) is 0 Å². The van der Waals surface area contributed by atoms with E-state index in [2.05, 4.69) is 10.4 Å². The van der Waals surface area contributed by atoms with Crippen LogP contribution in [0, 0.1) is 0 Å². The van der Waals surface area contributed by atoms with Crippen molar-refractivity contribution >= 4 is 17.5 Å². The first-order valence-corrected chi connectivity index (χ1v) is 7.34. The monoisotopic (exact) mass is 314 g/mol. The van der Waals surface area contributed by atoms with Gasteiger partial charge in [-0.2, -0.15) is 5.10 Å². The molecule has 1 aliphatic heterocycles. The number of rotatable bonds is 4. The largest absolute Gasteiger partial charge is 0.369 e. The van der Waals surface area contributed by atoms with Crippen LogP contribution in [0.1, 0.15) is 5.56 Å². The van der Waals surface area contributed by atoms with Crippen molar-refractivity contribution in [3.05, 3.63) is 48.3 Å². The molecule has 120 valence electrons. The molecular weight excluding hydrogens is 296 g/mol. The summed E-state index contributed by atoms with van der Waals surface area (Å²) < 4.78 is 6.85. The number of carbonyl (C=O) groups excluding carboxylic acids is 2. The summed E-state index contributed by atoms with van der Waals surface area (Å²) in [6.45, 7) is 0.572. The van der Waals surface area contributed by atoms with Crippen molar-refractivity contribution in [2.75, 3.05) is 18.5 Å². The Labute approximate surface area is 133 Å². The van der Waals surface area contributed by atoms with Gasteiger partial charge in [-0.05, 0) is 5.56 Å². The Morgan fingerprint density at radius 2 is 2.17 bits per heavy atom. The van der Waals surface area contributed by atoms with Crippen LogP contribution in [0.4, 0.5) is 5.69 Å². The highest BCUT2D eigenvalue weighted by Crippen LogP contribution is 2.15. The number of nitrogens with one attached hydrogen (secondary N) is 1. The fourth-order valence-electron chi connectivity index (χ4n) is 2.51. The average Bonchev–Trinajstić information content (AvgIpc) is 2.95. The second-order valence-electron chi connectivity index (χ2n) is 5.43. The highest BCUT2D eigenvalue weighted by molar-refractivity contribution is 5.97. The highest BCUT2D eigenvalue weighted by Gasteiger charge is 2.34. The zero-order chi connectivity index (χ0) is 16.2. The van der Waals surface area contributed by atoms with Gasteiger partial charge in [-0.3, -0.25) is 14.3 Å². The molecule has 1 saturated heterocycles. The summed E-state index contributed by atoms with van der Waals surface area (Å²) in [4.78, 5) is 26.2.